The van der Waals surface area contributed by atoms with Gasteiger partial charge in [-0.25, -0.2) is 4.79 Å². The van der Waals surface area contributed by atoms with E-state index in [9.17, 15) is 14.4 Å². The van der Waals surface area contributed by atoms with E-state index in [1.807, 2.05) is 0 Å². The Labute approximate surface area is 120 Å². The minimum Gasteiger partial charge on any atom is -0.392 e. The molecule has 2 rings (SSSR count). The second kappa shape index (κ2) is 5.88. The molecular formula is C15H16N2O4. The Morgan fingerprint density at radius 2 is 1.71 bits per heavy atom. The van der Waals surface area contributed by atoms with Crippen LogP contribution < -0.4 is 11.2 Å². The van der Waals surface area contributed by atoms with Crippen LogP contribution in [-0.2, 0) is 20.2 Å². The number of hydrogen-bond acceptors (Lipinski definition) is 4. The molecule has 0 bridgehead atoms. The largest absolute Gasteiger partial charge is 0.392 e. The van der Waals surface area contributed by atoms with Crippen LogP contribution in [0.4, 0.5) is 0 Å². The Balaban J connectivity index is 2.46. The van der Waals surface area contributed by atoms with Crippen LogP contribution in [0, 0.1) is 0 Å². The molecular weight excluding hydrogens is 272 g/mol. The predicted molar refractivity (Wildman–Crippen MR) is 77.4 cm³/mol. The lowest BCUT2D eigenvalue weighted by atomic mass is 10.1. The number of carbonyl (C=O) groups is 1. The first-order chi connectivity index (χ1) is 9.93. The zero-order valence-corrected chi connectivity index (χ0v) is 11.9. The number of aromatic nitrogens is 2. The zero-order chi connectivity index (χ0) is 15.6. The van der Waals surface area contributed by atoms with Crippen LogP contribution in [0.5, 0.6) is 0 Å². The smallest absolute Gasteiger partial charge is 0.331 e. The third-order valence-electron chi connectivity index (χ3n) is 3.29. The van der Waals surface area contributed by atoms with Crippen LogP contribution in [0.3, 0.4) is 0 Å². The number of nitrogens with zero attached hydrogens (tertiary/aromatic N) is 2. The maximum absolute atomic E-state index is 12.1. The Morgan fingerprint density at radius 3 is 2.24 bits per heavy atom. The first kappa shape index (κ1) is 14.9. The Hall–Kier alpha value is -2.47. The summed E-state index contributed by atoms with van der Waals surface area (Å²) in [5, 5.41) is 9.00. The molecule has 6 nitrogen and oxygen atoms in total. The van der Waals surface area contributed by atoms with E-state index in [-0.39, 0.29) is 24.5 Å². The summed E-state index contributed by atoms with van der Waals surface area (Å²) >= 11 is 0. The second-order valence-electron chi connectivity index (χ2n) is 4.85. The van der Waals surface area contributed by atoms with Crippen LogP contribution >= 0.6 is 0 Å². The van der Waals surface area contributed by atoms with Gasteiger partial charge in [-0.2, -0.15) is 0 Å². The second-order valence-corrected chi connectivity index (χ2v) is 4.85. The summed E-state index contributed by atoms with van der Waals surface area (Å²) in [4.78, 5) is 35.3. The number of aliphatic hydroxyl groups is 1. The zero-order valence-electron chi connectivity index (χ0n) is 11.9. The van der Waals surface area contributed by atoms with E-state index in [0.717, 1.165) is 15.7 Å². The van der Waals surface area contributed by atoms with Crippen LogP contribution in [0.25, 0.3) is 0 Å². The van der Waals surface area contributed by atoms with Crippen LogP contribution in [0.15, 0.2) is 40.1 Å². The molecule has 0 saturated carbocycles. The van der Waals surface area contributed by atoms with Gasteiger partial charge in [-0.1, -0.05) is 24.3 Å². The maximum atomic E-state index is 12.1. The summed E-state index contributed by atoms with van der Waals surface area (Å²) in [5.41, 5.74) is 0.540. The molecule has 1 heterocycles. The van der Waals surface area contributed by atoms with Gasteiger partial charge in [0.25, 0.3) is 5.56 Å². The average Bonchev–Trinajstić information content (AvgIpc) is 2.48. The van der Waals surface area contributed by atoms with E-state index in [1.54, 1.807) is 24.3 Å². The van der Waals surface area contributed by atoms with Crippen molar-refractivity contribution in [3.05, 3.63) is 68.0 Å². The first-order valence-electron chi connectivity index (χ1n) is 6.44. The van der Waals surface area contributed by atoms with E-state index in [4.69, 9.17) is 5.11 Å². The van der Waals surface area contributed by atoms with Gasteiger partial charge < -0.3 is 5.11 Å². The number of ketones is 1. The summed E-state index contributed by atoms with van der Waals surface area (Å²) in [7, 11) is 1.35. The minimum absolute atomic E-state index is 0.0101. The van der Waals surface area contributed by atoms with Crippen molar-refractivity contribution >= 4 is 5.78 Å². The molecule has 1 aromatic heterocycles. The number of aliphatic hydroxyl groups excluding tert-OH is 1. The van der Waals surface area contributed by atoms with Crippen LogP contribution in [-0.4, -0.2) is 20.0 Å². The standard InChI is InChI=1S/C15H16N2O4/c1-10(19)13-8-17(15(21)16(2)14(13)20)7-11-3-5-12(9-18)6-4-11/h3-6,8,18H,7,9H2,1-2H3. The average molecular weight is 288 g/mol. The molecule has 0 radical (unpaired) electrons. The van der Waals surface area contributed by atoms with Gasteiger partial charge in [0, 0.05) is 13.2 Å². The van der Waals surface area contributed by atoms with Crippen LogP contribution in [0.1, 0.15) is 28.4 Å². The molecule has 0 spiro atoms. The van der Waals surface area contributed by atoms with E-state index < -0.39 is 11.2 Å². The predicted octanol–water partition coefficient (Wildman–Crippen LogP) is 0.290. The summed E-state index contributed by atoms with van der Waals surface area (Å²) in [6, 6.07) is 7.09. The SMILES string of the molecule is CC(=O)c1cn(Cc2ccc(CO)cc2)c(=O)n(C)c1=O. The molecule has 0 aliphatic rings. The highest BCUT2D eigenvalue weighted by molar-refractivity contribution is 5.93. The first-order valence-corrected chi connectivity index (χ1v) is 6.44. The maximum Gasteiger partial charge on any atom is 0.331 e. The normalized spacial score (nSPS) is 10.6. The lowest BCUT2D eigenvalue weighted by molar-refractivity contribution is 0.101. The Bertz CT molecular complexity index is 785. The van der Waals surface area contributed by atoms with E-state index in [0.29, 0.717) is 0 Å². The molecule has 6 heteroatoms. The van der Waals surface area contributed by atoms with Gasteiger partial charge in [0.1, 0.15) is 0 Å². The van der Waals surface area contributed by atoms with Gasteiger partial charge in [0.05, 0.1) is 18.7 Å². The summed E-state index contributed by atoms with van der Waals surface area (Å²) in [5.74, 6) is -0.375. The van der Waals surface area contributed by atoms with Crippen molar-refractivity contribution < 1.29 is 9.90 Å². The van der Waals surface area contributed by atoms with Gasteiger partial charge in [0.15, 0.2) is 5.78 Å². The molecule has 0 atom stereocenters. The van der Waals surface area contributed by atoms with Crippen molar-refractivity contribution in [2.45, 2.75) is 20.1 Å². The van der Waals surface area contributed by atoms with Crippen molar-refractivity contribution in [1.82, 2.24) is 9.13 Å². The molecule has 0 saturated heterocycles. The fraction of sp³-hybridized carbons (Fsp3) is 0.267. The highest BCUT2D eigenvalue weighted by Crippen LogP contribution is 2.05. The van der Waals surface area contributed by atoms with Gasteiger partial charge >= 0.3 is 5.69 Å². The molecule has 21 heavy (non-hydrogen) atoms. The molecule has 1 N–H and O–H groups in total. The van der Waals surface area contributed by atoms with Gasteiger partial charge in [-0.15, -0.1) is 0 Å². The fourth-order valence-electron chi connectivity index (χ4n) is 2.03. The van der Waals surface area contributed by atoms with E-state index >= 15 is 0 Å². The molecule has 1 aromatic carbocycles. The molecule has 0 unspecified atom stereocenters. The third-order valence-corrected chi connectivity index (χ3v) is 3.29. The molecule has 2 aromatic rings. The topological polar surface area (TPSA) is 81.3 Å². The lowest BCUT2D eigenvalue weighted by Crippen LogP contribution is -2.40. The number of carbonyl (C=O) groups excluding carboxylic acids is 1. The van der Waals surface area contributed by atoms with Crippen LogP contribution in [0.2, 0.25) is 0 Å². The summed E-state index contributed by atoms with van der Waals surface area (Å²) in [6.07, 6.45) is 1.30. The summed E-state index contributed by atoms with van der Waals surface area (Å²) < 4.78 is 2.25. The van der Waals surface area contributed by atoms with Crippen molar-refractivity contribution in [2.24, 2.45) is 7.05 Å². The third kappa shape index (κ3) is 3.00. The van der Waals surface area contributed by atoms with Crippen molar-refractivity contribution in [3.63, 3.8) is 0 Å². The highest BCUT2D eigenvalue weighted by atomic mass is 16.3. The monoisotopic (exact) mass is 288 g/mol. The molecule has 0 amide bonds. The quantitative estimate of drug-likeness (QED) is 0.820. The molecule has 0 aliphatic carbocycles. The Morgan fingerprint density at radius 1 is 1.14 bits per heavy atom. The van der Waals surface area contributed by atoms with Gasteiger partial charge in [-0.3, -0.25) is 18.7 Å². The number of benzene rings is 1. The molecule has 0 fully saturated rings. The fourth-order valence-corrected chi connectivity index (χ4v) is 2.03. The van der Waals surface area contributed by atoms with Crippen molar-refractivity contribution in [2.75, 3.05) is 0 Å². The highest BCUT2D eigenvalue weighted by Gasteiger charge is 2.12. The van der Waals surface area contributed by atoms with E-state index in [2.05, 4.69) is 0 Å². The van der Waals surface area contributed by atoms with Crippen molar-refractivity contribution in [3.8, 4) is 0 Å². The minimum atomic E-state index is -0.584. The van der Waals surface area contributed by atoms with Gasteiger partial charge in [-0.05, 0) is 18.1 Å². The number of Topliss-reactive ketones (excluding diaryl/α,β-unsaturated/α-hetero) is 1. The van der Waals surface area contributed by atoms with E-state index in [1.165, 1.54) is 24.7 Å². The molecule has 0 aliphatic heterocycles. The Kier molecular flexibility index (Phi) is 4.18. The molecule has 110 valence electrons. The van der Waals surface area contributed by atoms with Crippen molar-refractivity contribution in [1.29, 1.82) is 0 Å². The lowest BCUT2D eigenvalue weighted by Gasteiger charge is -2.10. The summed E-state index contributed by atoms with van der Waals surface area (Å²) in [6.45, 7) is 1.50. The number of hydrogen-bond donors (Lipinski definition) is 1. The number of rotatable bonds is 4. The van der Waals surface area contributed by atoms with Gasteiger partial charge in [0.2, 0.25) is 0 Å².